The molecule has 0 bridgehead atoms. The van der Waals surface area contributed by atoms with E-state index in [0.29, 0.717) is 5.75 Å². The minimum atomic E-state index is -0.0932. The molecule has 29 heavy (non-hydrogen) atoms. The SMILES string of the molecule is COc1cc2ccccc2cc1CC(=O)CC(=O)Cc1ccc2ccccc2c1. The molecule has 0 aliphatic carbocycles. The molecule has 3 heteroatoms. The van der Waals surface area contributed by atoms with E-state index in [1.807, 2.05) is 78.9 Å². The van der Waals surface area contributed by atoms with Crippen LogP contribution in [0.1, 0.15) is 17.5 Å². The van der Waals surface area contributed by atoms with Gasteiger partial charge >= 0.3 is 0 Å². The van der Waals surface area contributed by atoms with Crippen molar-refractivity contribution in [1.82, 2.24) is 0 Å². The number of rotatable bonds is 7. The minimum Gasteiger partial charge on any atom is -0.496 e. The van der Waals surface area contributed by atoms with E-state index < -0.39 is 0 Å². The van der Waals surface area contributed by atoms with Gasteiger partial charge in [0.2, 0.25) is 0 Å². The van der Waals surface area contributed by atoms with Crippen LogP contribution in [0.2, 0.25) is 0 Å². The van der Waals surface area contributed by atoms with Crippen molar-refractivity contribution in [1.29, 1.82) is 0 Å². The number of ether oxygens (including phenoxy) is 1. The fraction of sp³-hybridized carbons (Fsp3) is 0.154. The fourth-order valence-corrected chi connectivity index (χ4v) is 3.73. The first kappa shape index (κ1) is 18.9. The smallest absolute Gasteiger partial charge is 0.144 e. The Hall–Kier alpha value is -3.46. The van der Waals surface area contributed by atoms with Gasteiger partial charge in [-0.2, -0.15) is 0 Å². The Labute approximate surface area is 169 Å². The van der Waals surface area contributed by atoms with Gasteiger partial charge in [0, 0.05) is 18.4 Å². The summed E-state index contributed by atoms with van der Waals surface area (Å²) in [7, 11) is 1.60. The summed E-state index contributed by atoms with van der Waals surface area (Å²) in [6.45, 7) is 0. The van der Waals surface area contributed by atoms with Crippen molar-refractivity contribution in [3.8, 4) is 5.75 Å². The molecule has 0 N–H and O–H groups in total. The third-order valence-electron chi connectivity index (χ3n) is 5.15. The van der Waals surface area contributed by atoms with Gasteiger partial charge in [-0.3, -0.25) is 9.59 Å². The summed E-state index contributed by atoms with van der Waals surface area (Å²) in [5.74, 6) is 0.522. The Morgan fingerprint density at radius 3 is 1.97 bits per heavy atom. The first-order valence-corrected chi connectivity index (χ1v) is 9.69. The second kappa shape index (κ2) is 8.27. The first-order chi connectivity index (χ1) is 14.1. The molecule has 0 radical (unpaired) electrons. The molecule has 0 saturated heterocycles. The lowest BCUT2D eigenvalue weighted by Gasteiger charge is -2.10. The monoisotopic (exact) mass is 382 g/mol. The second-order valence-electron chi connectivity index (χ2n) is 7.30. The van der Waals surface area contributed by atoms with Gasteiger partial charge in [0.1, 0.15) is 17.3 Å². The van der Waals surface area contributed by atoms with E-state index in [4.69, 9.17) is 4.74 Å². The van der Waals surface area contributed by atoms with E-state index in [-0.39, 0.29) is 30.8 Å². The second-order valence-corrected chi connectivity index (χ2v) is 7.30. The largest absolute Gasteiger partial charge is 0.496 e. The summed E-state index contributed by atoms with van der Waals surface area (Å²) in [4.78, 5) is 25.0. The lowest BCUT2D eigenvalue weighted by Crippen LogP contribution is -2.13. The van der Waals surface area contributed by atoms with Crippen LogP contribution in [0.3, 0.4) is 0 Å². The van der Waals surface area contributed by atoms with Gasteiger partial charge in [0.05, 0.1) is 13.5 Å². The molecule has 0 fully saturated rings. The molecule has 0 aromatic heterocycles. The Morgan fingerprint density at radius 2 is 1.28 bits per heavy atom. The highest BCUT2D eigenvalue weighted by molar-refractivity contribution is 6.01. The molecule has 3 nitrogen and oxygen atoms in total. The van der Waals surface area contributed by atoms with Gasteiger partial charge in [0.15, 0.2) is 0 Å². The van der Waals surface area contributed by atoms with Crippen LogP contribution in [0.4, 0.5) is 0 Å². The average Bonchev–Trinajstić information content (AvgIpc) is 2.73. The summed E-state index contributed by atoms with van der Waals surface area (Å²) in [5.41, 5.74) is 1.75. The van der Waals surface area contributed by atoms with Crippen LogP contribution < -0.4 is 4.74 Å². The van der Waals surface area contributed by atoms with Crippen molar-refractivity contribution < 1.29 is 14.3 Å². The summed E-state index contributed by atoms with van der Waals surface area (Å²) in [5, 5.41) is 4.36. The van der Waals surface area contributed by atoms with Gasteiger partial charge in [-0.1, -0.05) is 66.7 Å². The van der Waals surface area contributed by atoms with Crippen molar-refractivity contribution in [2.24, 2.45) is 0 Å². The molecule has 0 aliphatic heterocycles. The Morgan fingerprint density at radius 1 is 0.690 bits per heavy atom. The molecule has 4 aromatic carbocycles. The number of hydrogen-bond donors (Lipinski definition) is 0. The highest BCUT2D eigenvalue weighted by Gasteiger charge is 2.14. The molecule has 0 unspecified atom stereocenters. The number of Topliss-reactive ketones (excluding diaryl/α,β-unsaturated/α-hetero) is 2. The number of ketones is 2. The van der Waals surface area contributed by atoms with Gasteiger partial charge in [-0.15, -0.1) is 0 Å². The molecule has 0 spiro atoms. The van der Waals surface area contributed by atoms with Crippen molar-refractivity contribution in [3.63, 3.8) is 0 Å². The molecule has 0 atom stereocenters. The molecule has 4 aromatic rings. The zero-order chi connectivity index (χ0) is 20.2. The number of methoxy groups -OCH3 is 1. The van der Waals surface area contributed by atoms with E-state index >= 15 is 0 Å². The van der Waals surface area contributed by atoms with Crippen LogP contribution in [-0.2, 0) is 22.4 Å². The van der Waals surface area contributed by atoms with Crippen LogP contribution in [0.15, 0.2) is 78.9 Å². The fourth-order valence-electron chi connectivity index (χ4n) is 3.73. The molecular weight excluding hydrogens is 360 g/mol. The zero-order valence-electron chi connectivity index (χ0n) is 16.4. The maximum absolute atomic E-state index is 12.6. The molecule has 4 rings (SSSR count). The van der Waals surface area contributed by atoms with Gasteiger partial charge < -0.3 is 4.74 Å². The van der Waals surface area contributed by atoms with Crippen LogP contribution in [0, 0.1) is 0 Å². The predicted octanol–water partition coefficient (Wildman–Crippen LogP) is 5.32. The van der Waals surface area contributed by atoms with Gasteiger partial charge in [-0.25, -0.2) is 0 Å². The number of carbonyl (C=O) groups excluding carboxylic acids is 2. The Kier molecular flexibility index (Phi) is 5.39. The van der Waals surface area contributed by atoms with E-state index in [1.165, 1.54) is 0 Å². The van der Waals surface area contributed by atoms with Crippen molar-refractivity contribution >= 4 is 33.1 Å². The maximum Gasteiger partial charge on any atom is 0.144 e. The number of hydrogen-bond acceptors (Lipinski definition) is 3. The average molecular weight is 382 g/mol. The molecule has 144 valence electrons. The third-order valence-corrected chi connectivity index (χ3v) is 5.15. The molecule has 0 heterocycles. The quantitative estimate of drug-likeness (QED) is 0.407. The van der Waals surface area contributed by atoms with Crippen molar-refractivity contribution in [2.45, 2.75) is 19.3 Å². The number of benzene rings is 4. The molecule has 0 aliphatic rings. The van der Waals surface area contributed by atoms with Gasteiger partial charge in [0.25, 0.3) is 0 Å². The van der Waals surface area contributed by atoms with Crippen LogP contribution >= 0.6 is 0 Å². The summed E-state index contributed by atoms with van der Waals surface area (Å²) in [6.07, 6.45) is 0.395. The summed E-state index contributed by atoms with van der Waals surface area (Å²) >= 11 is 0. The standard InChI is InChI=1S/C26H22O3/c1-29-26-16-22-9-5-4-8-21(22)14-23(26)15-25(28)17-24(27)13-18-10-11-19-6-2-3-7-20(19)12-18/h2-12,14,16H,13,15,17H2,1H3. The van der Waals surface area contributed by atoms with Crippen molar-refractivity contribution in [3.05, 3.63) is 90.0 Å². The summed E-state index contributed by atoms with van der Waals surface area (Å²) in [6, 6.07) is 25.9. The Balaban J connectivity index is 1.44. The topological polar surface area (TPSA) is 43.4 Å². The normalized spacial score (nSPS) is 10.9. The zero-order valence-corrected chi connectivity index (χ0v) is 16.4. The highest BCUT2D eigenvalue weighted by Crippen LogP contribution is 2.27. The minimum absolute atomic E-state index is 0.0648. The number of fused-ring (bicyclic) bond motifs is 2. The van der Waals surface area contributed by atoms with Crippen LogP contribution in [-0.4, -0.2) is 18.7 Å². The lowest BCUT2D eigenvalue weighted by atomic mass is 9.98. The predicted molar refractivity (Wildman–Crippen MR) is 116 cm³/mol. The highest BCUT2D eigenvalue weighted by atomic mass is 16.5. The first-order valence-electron chi connectivity index (χ1n) is 9.69. The van der Waals surface area contributed by atoms with E-state index in [1.54, 1.807) is 7.11 Å². The Bertz CT molecular complexity index is 1210. The van der Waals surface area contributed by atoms with E-state index in [0.717, 1.165) is 32.7 Å². The molecule has 0 amide bonds. The molecule has 0 saturated carbocycles. The van der Waals surface area contributed by atoms with Gasteiger partial charge in [-0.05, 0) is 39.2 Å². The summed E-state index contributed by atoms with van der Waals surface area (Å²) < 4.78 is 5.46. The molecular formula is C26H22O3. The third kappa shape index (κ3) is 4.35. The van der Waals surface area contributed by atoms with E-state index in [2.05, 4.69) is 0 Å². The van der Waals surface area contributed by atoms with Crippen molar-refractivity contribution in [2.75, 3.05) is 7.11 Å². The van der Waals surface area contributed by atoms with Crippen LogP contribution in [0.5, 0.6) is 5.75 Å². The van der Waals surface area contributed by atoms with Crippen LogP contribution in [0.25, 0.3) is 21.5 Å². The lowest BCUT2D eigenvalue weighted by molar-refractivity contribution is -0.126. The van der Waals surface area contributed by atoms with E-state index in [9.17, 15) is 9.59 Å². The number of carbonyl (C=O) groups is 2. The maximum atomic E-state index is 12.6.